The molecular formula is C24H23Cl2F5N6O3. The van der Waals surface area contributed by atoms with Crippen LogP contribution in [0.2, 0.25) is 0 Å². The molecule has 1 aliphatic rings. The maximum Gasteiger partial charge on any atom is 0.418 e. The van der Waals surface area contributed by atoms with Gasteiger partial charge in [-0.25, -0.2) is 8.78 Å². The van der Waals surface area contributed by atoms with E-state index in [0.717, 1.165) is 24.4 Å². The monoisotopic (exact) mass is 608 g/mol. The van der Waals surface area contributed by atoms with Gasteiger partial charge < -0.3 is 26.4 Å². The number of nitrogens with zero attached hydrogens (tertiary/aromatic N) is 2. The fourth-order valence-electron chi connectivity index (χ4n) is 3.78. The molecule has 16 heteroatoms. The summed E-state index contributed by atoms with van der Waals surface area (Å²) in [5, 5.41) is 7.51. The van der Waals surface area contributed by atoms with Crippen molar-refractivity contribution in [2.45, 2.75) is 24.7 Å². The third-order valence-corrected chi connectivity index (χ3v) is 5.73. The molecule has 3 aromatic rings. The second kappa shape index (κ2) is 13.1. The normalized spacial score (nSPS) is 16.3. The van der Waals surface area contributed by atoms with Crippen LogP contribution in [0.3, 0.4) is 0 Å². The van der Waals surface area contributed by atoms with Crippen LogP contribution in [-0.2, 0) is 22.3 Å². The number of hydrogen-bond donors (Lipinski definition) is 4. The Morgan fingerprint density at radius 1 is 1.07 bits per heavy atom. The molecule has 0 aliphatic carbocycles. The van der Waals surface area contributed by atoms with Gasteiger partial charge in [-0.1, -0.05) is 0 Å². The first kappa shape index (κ1) is 32.5. The molecule has 1 fully saturated rings. The summed E-state index contributed by atoms with van der Waals surface area (Å²) < 4.78 is 73.0. The number of nitrogens with one attached hydrogen (secondary N) is 3. The zero-order valence-corrected chi connectivity index (χ0v) is 22.0. The number of aromatic nitrogens is 2. The van der Waals surface area contributed by atoms with Crippen molar-refractivity contribution in [2.75, 3.05) is 24.3 Å². The predicted molar refractivity (Wildman–Crippen MR) is 140 cm³/mol. The molecule has 0 bridgehead atoms. The summed E-state index contributed by atoms with van der Waals surface area (Å²) in [6.45, 7) is -0.315. The standard InChI is InChI=1S/C24H21F5N6O3.2ClH/c25-14-1-2-19(17(6-14)24(27,28)29)34-16-7-18(26)20(32-10-16)11-33-22(37)23(3-4-38-12-23)35-21(36)13-5-15(30)9-31-8-13;;/h1-2,5-10,34H,3-4,11-12,30H2,(H,33,37)(H,35,36);2*1H/t23-;;/m0../s1. The highest BCUT2D eigenvalue weighted by molar-refractivity contribution is 5.99. The highest BCUT2D eigenvalue weighted by atomic mass is 35.5. The van der Waals surface area contributed by atoms with Crippen molar-refractivity contribution in [3.8, 4) is 0 Å². The van der Waals surface area contributed by atoms with Crippen LogP contribution in [0.1, 0.15) is 28.0 Å². The highest BCUT2D eigenvalue weighted by Crippen LogP contribution is 2.36. The van der Waals surface area contributed by atoms with Gasteiger partial charge in [0.15, 0.2) is 0 Å². The lowest BCUT2D eigenvalue weighted by molar-refractivity contribution is -0.137. The first-order valence-corrected chi connectivity index (χ1v) is 11.1. The Kier molecular flexibility index (Phi) is 10.6. The Balaban J connectivity index is 0.00000280. The van der Waals surface area contributed by atoms with Gasteiger partial charge in [0.05, 0.1) is 53.2 Å². The molecule has 2 amide bonds. The predicted octanol–water partition coefficient (Wildman–Crippen LogP) is 4.15. The first-order valence-electron chi connectivity index (χ1n) is 11.1. The summed E-state index contributed by atoms with van der Waals surface area (Å²) in [6, 6.07) is 4.31. The van der Waals surface area contributed by atoms with Crippen LogP contribution in [0, 0.1) is 11.6 Å². The molecule has 0 radical (unpaired) electrons. The number of hydrogen-bond acceptors (Lipinski definition) is 7. The van der Waals surface area contributed by atoms with Gasteiger partial charge in [-0.2, -0.15) is 13.2 Å². The van der Waals surface area contributed by atoms with E-state index in [-0.39, 0.29) is 73.6 Å². The molecule has 4 rings (SSSR count). The van der Waals surface area contributed by atoms with E-state index in [1.165, 1.54) is 18.5 Å². The van der Waals surface area contributed by atoms with Gasteiger partial charge in [-0.15, -0.1) is 24.8 Å². The van der Waals surface area contributed by atoms with Crippen molar-refractivity contribution in [3.05, 3.63) is 77.4 Å². The van der Waals surface area contributed by atoms with Crippen molar-refractivity contribution in [1.29, 1.82) is 0 Å². The van der Waals surface area contributed by atoms with Crippen LogP contribution in [0.4, 0.5) is 39.0 Å². The zero-order chi connectivity index (χ0) is 27.5. The minimum Gasteiger partial charge on any atom is -0.397 e. The van der Waals surface area contributed by atoms with Crippen molar-refractivity contribution >= 4 is 53.7 Å². The SMILES string of the molecule is Cl.Cl.Nc1cncc(C(=O)N[C@@]2(C(=O)NCc3ncc(Nc4ccc(F)cc4C(F)(F)F)cc3F)CCOC2)c1. The second-order valence-electron chi connectivity index (χ2n) is 8.49. The number of ether oxygens (including phenoxy) is 1. The molecule has 5 N–H and O–H groups in total. The van der Waals surface area contributed by atoms with Gasteiger partial charge in [0.2, 0.25) is 5.91 Å². The van der Waals surface area contributed by atoms with Gasteiger partial charge in [0.25, 0.3) is 5.91 Å². The largest absolute Gasteiger partial charge is 0.418 e. The number of nitrogen functional groups attached to an aromatic ring is 1. The Bertz CT molecular complexity index is 1370. The molecule has 0 spiro atoms. The van der Waals surface area contributed by atoms with Crippen LogP contribution in [-0.4, -0.2) is 40.5 Å². The van der Waals surface area contributed by atoms with E-state index in [1.807, 2.05) is 0 Å². The molecule has 1 aromatic carbocycles. The molecule has 0 saturated carbocycles. The average molecular weight is 609 g/mol. The number of halogens is 7. The van der Waals surface area contributed by atoms with Gasteiger partial charge in [0, 0.05) is 31.5 Å². The van der Waals surface area contributed by atoms with E-state index in [4.69, 9.17) is 10.5 Å². The number of nitrogens with two attached hydrogens (primary N) is 1. The summed E-state index contributed by atoms with van der Waals surface area (Å²) in [7, 11) is 0. The molecular weight excluding hydrogens is 586 g/mol. The first-order chi connectivity index (χ1) is 18.0. The third kappa shape index (κ3) is 7.46. The number of amides is 2. The molecule has 1 saturated heterocycles. The third-order valence-electron chi connectivity index (χ3n) is 5.73. The van der Waals surface area contributed by atoms with Gasteiger partial charge >= 0.3 is 6.18 Å². The maximum atomic E-state index is 14.7. The smallest absolute Gasteiger partial charge is 0.397 e. The van der Waals surface area contributed by atoms with Crippen molar-refractivity contribution < 1.29 is 36.3 Å². The second-order valence-corrected chi connectivity index (χ2v) is 8.49. The number of carbonyl (C=O) groups excluding carboxylic acids is 2. The summed E-state index contributed by atoms with van der Waals surface area (Å²) in [5.41, 5.74) is 2.51. The van der Waals surface area contributed by atoms with E-state index in [0.29, 0.717) is 6.07 Å². The fourth-order valence-corrected chi connectivity index (χ4v) is 3.78. The topological polar surface area (TPSA) is 131 Å². The molecule has 40 heavy (non-hydrogen) atoms. The zero-order valence-electron chi connectivity index (χ0n) is 20.4. The van der Waals surface area contributed by atoms with Crippen molar-refractivity contribution in [3.63, 3.8) is 0 Å². The highest BCUT2D eigenvalue weighted by Gasteiger charge is 2.44. The number of pyridine rings is 2. The summed E-state index contributed by atoms with van der Waals surface area (Å²) >= 11 is 0. The minimum absolute atomic E-state index is 0. The number of anilines is 3. The minimum atomic E-state index is -4.85. The number of benzene rings is 1. The van der Waals surface area contributed by atoms with E-state index in [9.17, 15) is 31.5 Å². The quantitative estimate of drug-likeness (QED) is 0.296. The van der Waals surface area contributed by atoms with Crippen LogP contribution in [0.25, 0.3) is 0 Å². The Morgan fingerprint density at radius 2 is 1.82 bits per heavy atom. The summed E-state index contributed by atoms with van der Waals surface area (Å²) in [6.07, 6.45) is -0.990. The number of rotatable bonds is 7. The van der Waals surface area contributed by atoms with Crippen molar-refractivity contribution in [2.24, 2.45) is 0 Å². The number of carbonyl (C=O) groups is 2. The van der Waals surface area contributed by atoms with Crippen molar-refractivity contribution in [1.82, 2.24) is 20.6 Å². The molecule has 1 atom stereocenters. The van der Waals surface area contributed by atoms with Gasteiger partial charge in [-0.3, -0.25) is 19.6 Å². The van der Waals surface area contributed by atoms with E-state index >= 15 is 0 Å². The van der Waals surface area contributed by atoms with Gasteiger partial charge in [-0.05, 0) is 24.3 Å². The van der Waals surface area contributed by atoms with E-state index in [1.54, 1.807) is 0 Å². The molecule has 3 heterocycles. The Hall–Kier alpha value is -3.75. The maximum absolute atomic E-state index is 14.7. The Labute approximate surface area is 236 Å². The molecule has 216 valence electrons. The summed E-state index contributed by atoms with van der Waals surface area (Å²) in [4.78, 5) is 33.4. The Morgan fingerprint density at radius 3 is 2.45 bits per heavy atom. The average Bonchev–Trinajstić information content (AvgIpc) is 3.33. The van der Waals surface area contributed by atoms with Gasteiger partial charge in [0.1, 0.15) is 17.2 Å². The fraction of sp³-hybridized carbons (Fsp3) is 0.250. The van der Waals surface area contributed by atoms with Crippen LogP contribution in [0.5, 0.6) is 0 Å². The van der Waals surface area contributed by atoms with Crippen LogP contribution in [0.15, 0.2) is 48.9 Å². The molecule has 9 nitrogen and oxygen atoms in total. The lowest BCUT2D eigenvalue weighted by atomic mass is 9.96. The number of alkyl halides is 3. The van der Waals surface area contributed by atoms with E-state index < -0.39 is 46.4 Å². The van der Waals surface area contributed by atoms with Crippen LogP contribution >= 0.6 is 24.8 Å². The van der Waals surface area contributed by atoms with E-state index in [2.05, 4.69) is 25.9 Å². The lowest BCUT2D eigenvalue weighted by Gasteiger charge is -2.27. The molecule has 0 unspecified atom stereocenters. The van der Waals surface area contributed by atoms with Crippen LogP contribution < -0.4 is 21.7 Å². The molecule has 1 aliphatic heterocycles. The molecule has 2 aromatic heterocycles. The lowest BCUT2D eigenvalue weighted by Crippen LogP contribution is -2.59. The summed E-state index contributed by atoms with van der Waals surface area (Å²) in [5.74, 6) is -3.25.